The van der Waals surface area contributed by atoms with Crippen molar-refractivity contribution < 1.29 is 14.7 Å². The van der Waals surface area contributed by atoms with Gasteiger partial charge in [0.05, 0.1) is 10.2 Å². The zero-order valence-electron chi connectivity index (χ0n) is 9.22. The van der Waals surface area contributed by atoms with E-state index in [1.807, 2.05) is 12.1 Å². The number of thiophene rings is 1. The third-order valence-electron chi connectivity index (χ3n) is 2.02. The maximum atomic E-state index is 11.6. The third-order valence-corrected chi connectivity index (χ3v) is 3.61. The first-order valence-corrected chi connectivity index (χ1v) is 6.50. The fraction of sp³-hybridized carbons (Fsp3) is 0.273. The maximum absolute atomic E-state index is 11.6. The number of hydrogen-bond acceptors (Lipinski definition) is 3. The van der Waals surface area contributed by atoms with E-state index in [1.165, 1.54) is 22.3 Å². The Kier molecular flexibility index (Phi) is 5.37. The molecule has 17 heavy (non-hydrogen) atoms. The Hall–Kier alpha value is -1.14. The Morgan fingerprint density at radius 3 is 2.76 bits per heavy atom. The summed E-state index contributed by atoms with van der Waals surface area (Å²) in [6, 6.07) is 3.80. The number of carbonyl (C=O) groups is 2. The van der Waals surface area contributed by atoms with E-state index < -0.39 is 5.97 Å². The monoisotopic (exact) mass is 317 g/mol. The lowest BCUT2D eigenvalue weighted by Crippen LogP contribution is -2.27. The third kappa shape index (κ3) is 5.14. The SMILES string of the molecule is CN(CCC(=O)O)C(=O)C=Cc1ccc(Br)s1. The average Bonchev–Trinajstić information content (AvgIpc) is 2.68. The molecular weight excluding hydrogens is 306 g/mol. The van der Waals surface area contributed by atoms with Gasteiger partial charge in [-0.1, -0.05) is 0 Å². The first-order valence-electron chi connectivity index (χ1n) is 4.89. The molecule has 1 heterocycles. The predicted octanol–water partition coefficient (Wildman–Crippen LogP) is 2.46. The molecule has 1 aromatic rings. The molecule has 0 aliphatic rings. The normalized spacial score (nSPS) is 10.7. The lowest BCUT2D eigenvalue weighted by atomic mass is 10.3. The summed E-state index contributed by atoms with van der Waals surface area (Å²) in [5, 5.41) is 8.50. The van der Waals surface area contributed by atoms with Crippen molar-refractivity contribution in [3.8, 4) is 0 Å². The summed E-state index contributed by atoms with van der Waals surface area (Å²) in [7, 11) is 1.58. The molecule has 1 rings (SSSR count). The van der Waals surface area contributed by atoms with E-state index in [-0.39, 0.29) is 18.9 Å². The van der Waals surface area contributed by atoms with Gasteiger partial charge in [0.2, 0.25) is 5.91 Å². The molecule has 0 saturated heterocycles. The lowest BCUT2D eigenvalue weighted by molar-refractivity contribution is -0.137. The van der Waals surface area contributed by atoms with Gasteiger partial charge in [0.15, 0.2) is 0 Å². The predicted molar refractivity (Wildman–Crippen MR) is 70.9 cm³/mol. The number of carboxylic acid groups (broad SMARTS) is 1. The van der Waals surface area contributed by atoms with Crippen LogP contribution in [0.3, 0.4) is 0 Å². The highest BCUT2D eigenvalue weighted by atomic mass is 79.9. The van der Waals surface area contributed by atoms with Crippen LogP contribution >= 0.6 is 27.3 Å². The van der Waals surface area contributed by atoms with Crippen LogP contribution in [0.1, 0.15) is 11.3 Å². The van der Waals surface area contributed by atoms with Crippen LogP contribution in [0.15, 0.2) is 22.0 Å². The molecule has 0 fully saturated rings. The van der Waals surface area contributed by atoms with E-state index in [9.17, 15) is 9.59 Å². The van der Waals surface area contributed by atoms with Crippen molar-refractivity contribution in [3.63, 3.8) is 0 Å². The second kappa shape index (κ2) is 6.56. The molecule has 0 saturated carbocycles. The van der Waals surface area contributed by atoms with Gasteiger partial charge in [-0.15, -0.1) is 11.3 Å². The van der Waals surface area contributed by atoms with Crippen molar-refractivity contribution in [1.82, 2.24) is 4.90 Å². The van der Waals surface area contributed by atoms with Crippen molar-refractivity contribution in [1.29, 1.82) is 0 Å². The molecule has 6 heteroatoms. The minimum atomic E-state index is -0.907. The van der Waals surface area contributed by atoms with Gasteiger partial charge in [-0.2, -0.15) is 0 Å². The van der Waals surface area contributed by atoms with Crippen molar-refractivity contribution in [2.45, 2.75) is 6.42 Å². The fourth-order valence-corrected chi connectivity index (χ4v) is 2.40. The number of carboxylic acids is 1. The molecule has 1 N–H and O–H groups in total. The van der Waals surface area contributed by atoms with Gasteiger partial charge in [0, 0.05) is 24.5 Å². The number of nitrogens with zero attached hydrogens (tertiary/aromatic N) is 1. The van der Waals surface area contributed by atoms with E-state index in [0.29, 0.717) is 0 Å². The Balaban J connectivity index is 2.48. The molecule has 1 aromatic heterocycles. The van der Waals surface area contributed by atoms with Gasteiger partial charge in [0.25, 0.3) is 0 Å². The number of aliphatic carboxylic acids is 1. The standard InChI is InChI=1S/C11H12BrNO3S/c1-13(7-6-11(15)16)10(14)5-3-8-2-4-9(12)17-8/h2-5H,6-7H2,1H3,(H,15,16). The fourth-order valence-electron chi connectivity index (χ4n) is 1.07. The molecule has 4 nitrogen and oxygen atoms in total. The molecule has 0 aliphatic heterocycles. The Bertz CT molecular complexity index is 442. The molecule has 0 bridgehead atoms. The average molecular weight is 318 g/mol. The van der Waals surface area contributed by atoms with Crippen molar-refractivity contribution in [2.24, 2.45) is 0 Å². The largest absolute Gasteiger partial charge is 0.481 e. The Morgan fingerprint density at radius 2 is 2.24 bits per heavy atom. The molecule has 1 amide bonds. The highest BCUT2D eigenvalue weighted by Gasteiger charge is 2.06. The van der Waals surface area contributed by atoms with Gasteiger partial charge in [-0.3, -0.25) is 9.59 Å². The summed E-state index contributed by atoms with van der Waals surface area (Å²) < 4.78 is 1.00. The molecule has 0 spiro atoms. The van der Waals surface area contributed by atoms with Crippen LogP contribution in [-0.4, -0.2) is 35.5 Å². The summed E-state index contributed by atoms with van der Waals surface area (Å²) in [4.78, 5) is 24.3. The summed E-state index contributed by atoms with van der Waals surface area (Å²) in [6.45, 7) is 0.215. The van der Waals surface area contributed by atoms with Gasteiger partial charge in [-0.25, -0.2) is 0 Å². The second-order valence-electron chi connectivity index (χ2n) is 3.38. The van der Waals surface area contributed by atoms with Crippen LogP contribution in [0.2, 0.25) is 0 Å². The van der Waals surface area contributed by atoms with Gasteiger partial charge < -0.3 is 10.0 Å². The number of halogens is 1. The number of amides is 1. The Morgan fingerprint density at radius 1 is 1.53 bits per heavy atom. The summed E-state index contributed by atoms with van der Waals surface area (Å²) in [5.41, 5.74) is 0. The van der Waals surface area contributed by atoms with E-state index in [2.05, 4.69) is 15.9 Å². The van der Waals surface area contributed by atoms with Crippen LogP contribution in [0.5, 0.6) is 0 Å². The number of rotatable bonds is 5. The first-order chi connectivity index (χ1) is 7.99. The number of hydrogen-bond donors (Lipinski definition) is 1. The van der Waals surface area contributed by atoms with Gasteiger partial charge >= 0.3 is 5.97 Å². The summed E-state index contributed by atoms with van der Waals surface area (Å²) in [6.07, 6.45) is 3.12. The summed E-state index contributed by atoms with van der Waals surface area (Å²) >= 11 is 4.86. The minimum Gasteiger partial charge on any atom is -0.481 e. The van der Waals surface area contributed by atoms with Gasteiger partial charge in [0.1, 0.15) is 0 Å². The molecule has 0 aromatic carbocycles. The first kappa shape index (κ1) is 13.9. The molecule has 0 unspecified atom stereocenters. The number of carbonyl (C=O) groups excluding carboxylic acids is 1. The van der Waals surface area contributed by atoms with Crippen LogP contribution in [-0.2, 0) is 9.59 Å². The topological polar surface area (TPSA) is 57.6 Å². The van der Waals surface area contributed by atoms with Crippen LogP contribution < -0.4 is 0 Å². The zero-order chi connectivity index (χ0) is 12.8. The van der Waals surface area contributed by atoms with E-state index in [4.69, 9.17) is 5.11 Å². The molecule has 0 atom stereocenters. The quantitative estimate of drug-likeness (QED) is 0.849. The molecule has 0 aliphatic carbocycles. The maximum Gasteiger partial charge on any atom is 0.305 e. The zero-order valence-corrected chi connectivity index (χ0v) is 11.6. The van der Waals surface area contributed by atoms with Crippen LogP contribution in [0.25, 0.3) is 6.08 Å². The van der Waals surface area contributed by atoms with E-state index >= 15 is 0 Å². The van der Waals surface area contributed by atoms with Crippen LogP contribution in [0.4, 0.5) is 0 Å². The Labute approximate surface area is 112 Å². The lowest BCUT2D eigenvalue weighted by Gasteiger charge is -2.12. The molecule has 0 radical (unpaired) electrons. The van der Waals surface area contributed by atoms with Gasteiger partial charge in [-0.05, 0) is 34.1 Å². The highest BCUT2D eigenvalue weighted by molar-refractivity contribution is 9.11. The molecular formula is C11H12BrNO3S. The van der Waals surface area contributed by atoms with Crippen molar-refractivity contribution >= 4 is 45.2 Å². The molecule has 92 valence electrons. The second-order valence-corrected chi connectivity index (χ2v) is 5.87. The highest BCUT2D eigenvalue weighted by Crippen LogP contribution is 2.22. The van der Waals surface area contributed by atoms with Crippen LogP contribution in [0, 0.1) is 0 Å². The smallest absolute Gasteiger partial charge is 0.305 e. The minimum absolute atomic E-state index is 0.0410. The van der Waals surface area contributed by atoms with Crippen molar-refractivity contribution in [2.75, 3.05) is 13.6 Å². The van der Waals surface area contributed by atoms with Crippen molar-refractivity contribution in [3.05, 3.63) is 26.9 Å². The van der Waals surface area contributed by atoms with E-state index in [0.717, 1.165) is 8.66 Å². The number of likely N-dealkylation sites (N-methyl/N-ethyl adjacent to an activating group) is 1. The summed E-state index contributed by atoms with van der Waals surface area (Å²) in [5.74, 6) is -1.11. The van der Waals surface area contributed by atoms with E-state index in [1.54, 1.807) is 13.1 Å².